The molecule has 145 heavy (non-hydrogen) atoms. The molecular weight excluding hydrogens is 2290 g/mol. The van der Waals surface area contributed by atoms with E-state index in [9.17, 15) is 81.0 Å². The van der Waals surface area contributed by atoms with Gasteiger partial charge in [0.05, 0.1) is 115 Å². The molecule has 11 aromatic carbocycles. The molecule has 0 bridgehead atoms. The first-order valence-electron chi connectivity index (χ1n) is 45.8. The number of aromatic hydroxyl groups is 2. The Morgan fingerprint density at radius 3 is 1.23 bits per heavy atom. The lowest BCUT2D eigenvalue weighted by Gasteiger charge is -2.17. The highest BCUT2D eigenvalue weighted by molar-refractivity contribution is 9.11. The molecule has 0 aromatic heterocycles. The number of fused-ring (bicyclic) bond motifs is 10. The van der Waals surface area contributed by atoms with Crippen molar-refractivity contribution in [1.82, 2.24) is 0 Å². The van der Waals surface area contributed by atoms with E-state index in [4.69, 9.17) is 48.4 Å². The summed E-state index contributed by atoms with van der Waals surface area (Å²) < 4.78 is 115. The zero-order valence-electron chi connectivity index (χ0n) is 78.2. The number of phenolic OH excluding ortho intramolecular Hbond substituents is 2. The molecule has 21 rings (SSSR count). The van der Waals surface area contributed by atoms with Crippen molar-refractivity contribution in [2.45, 2.75) is 157 Å². The van der Waals surface area contributed by atoms with Crippen molar-refractivity contribution in [3.05, 3.63) is 325 Å². The molecule has 748 valence electrons. The number of hydrogen-bond donors (Lipinski definition) is 3. The fourth-order valence-corrected chi connectivity index (χ4v) is 22.9. The van der Waals surface area contributed by atoms with Gasteiger partial charge in [0.2, 0.25) is 0 Å². The van der Waals surface area contributed by atoms with Gasteiger partial charge in [0.15, 0.2) is 28.9 Å². The Morgan fingerprint density at radius 1 is 0.407 bits per heavy atom. The minimum absolute atomic E-state index is 0.0126. The summed E-state index contributed by atoms with van der Waals surface area (Å²) in [6.07, 6.45) is 11.0. The van der Waals surface area contributed by atoms with Crippen LogP contribution in [0.3, 0.4) is 0 Å². The maximum absolute atomic E-state index is 12.2. The number of methoxy groups -OCH3 is 4. The topological polar surface area (TPSA) is 402 Å². The zero-order valence-corrected chi connectivity index (χ0v) is 88.5. The van der Waals surface area contributed by atoms with E-state index >= 15 is 0 Å². The molecule has 0 fully saturated rings. The molecule has 0 spiro atoms. The summed E-state index contributed by atoms with van der Waals surface area (Å²) in [7, 11) is 0.0792. The summed E-state index contributed by atoms with van der Waals surface area (Å²) in [5.74, 6) is 4.19. The van der Waals surface area contributed by atoms with E-state index in [1.54, 1.807) is 55.6 Å². The van der Waals surface area contributed by atoms with Crippen LogP contribution in [0.2, 0.25) is 0 Å². The van der Waals surface area contributed by atoms with Gasteiger partial charge >= 0.3 is 33.5 Å². The number of nitriles is 4. The number of ketones is 4. The Kier molecular flexibility index (Phi) is 35.8. The van der Waals surface area contributed by atoms with Crippen LogP contribution < -0.4 is 32.6 Å². The Hall–Kier alpha value is -12.8. The number of alkyl halides is 3. The fourth-order valence-electron chi connectivity index (χ4n) is 18.6. The van der Waals surface area contributed by atoms with E-state index < -0.39 is 21.4 Å². The molecule has 0 saturated carbocycles. The van der Waals surface area contributed by atoms with Gasteiger partial charge in [-0.05, 0) is 318 Å². The Morgan fingerprint density at radius 2 is 0.772 bits per heavy atom. The van der Waals surface area contributed by atoms with Crippen LogP contribution in [0.25, 0.3) is 0 Å². The van der Waals surface area contributed by atoms with Gasteiger partial charge in [0.25, 0.3) is 0 Å². The molecule has 36 heteroatoms. The fraction of sp³-hybridized carbons (Fsp3) is 0.294. The minimum Gasteiger partial charge on any atom is -0.508 e. The predicted molar refractivity (Wildman–Crippen MR) is 546 cm³/mol. The predicted octanol–water partition coefficient (Wildman–Crippen LogP) is 23.5. The number of halogens is 9. The first-order valence-corrected chi connectivity index (χ1v) is 51.9. The summed E-state index contributed by atoms with van der Waals surface area (Å²) in [4.78, 5) is 79.6. The second-order valence-electron chi connectivity index (χ2n) is 34.7. The lowest BCUT2D eigenvalue weighted by molar-refractivity contribution is -0.142. The van der Waals surface area contributed by atoms with Crippen LogP contribution in [0.5, 0.6) is 51.7 Å². The SMILES string of the molecule is COC(=O)C[C@@H]1COc2cc(O)ccc21.COC(=O)C[C@@H]1COc2cc(O[C@@H]3CCc4c3ccc(C#N)c4Br)ccc21.COC(=O)C[C@@H]1COc2cc(O[C@@H]3CCc4c3ccc(C#N)c4Cc3ccccc3)ccc21.COc1ccc2c(c1Br)CCC2=O.N#Cc1ccc2c(c1Br)CCC2=O.N#Cc1ccc2c(c1Br)CC[C@@H]2O.O=C1CCc2c1ccc(O)c2Br.O=C1CCc2c1ccc(OS(=O)(=O)C(F)(F)F)c2Br. The molecule has 11 aromatic rings. The van der Waals surface area contributed by atoms with E-state index in [1.165, 1.54) is 38.5 Å². The van der Waals surface area contributed by atoms with Crippen LogP contribution in [0.15, 0.2) is 197 Å². The number of nitrogens with zero attached hydrogens (tertiary/aromatic N) is 4. The molecule has 3 heterocycles. The third kappa shape index (κ3) is 24.8. The number of hydrogen-bond acceptors (Lipinski definition) is 26. The average molecular weight is 2380 g/mol. The summed E-state index contributed by atoms with van der Waals surface area (Å²) >= 11 is 19.9. The van der Waals surface area contributed by atoms with Gasteiger partial charge < -0.3 is 62.1 Å². The first-order chi connectivity index (χ1) is 69.5. The molecular formula is C109H91Br6F3N4O22S. The molecule has 0 saturated heterocycles. The van der Waals surface area contributed by atoms with Crippen LogP contribution in [0.1, 0.15) is 247 Å². The number of aliphatic hydroxyl groups excluding tert-OH is 1. The van der Waals surface area contributed by atoms with Crippen LogP contribution in [0.4, 0.5) is 13.2 Å². The molecule has 6 atom stereocenters. The number of phenols is 2. The smallest absolute Gasteiger partial charge is 0.508 e. The number of carbonyl (C=O) groups is 7. The Balaban J connectivity index is 0.000000135. The summed E-state index contributed by atoms with van der Waals surface area (Å²) in [5, 5.41) is 64.5. The molecule has 0 unspecified atom stereocenters. The van der Waals surface area contributed by atoms with Crippen molar-refractivity contribution in [2.75, 3.05) is 48.3 Å². The number of rotatable bonds is 15. The van der Waals surface area contributed by atoms with Crippen molar-refractivity contribution < 1.29 is 117 Å². The standard InChI is InChI=1S/C28H25NO4.C21H18BrNO4.C11H12O4.C10H6BrF3O4S.C10H8BrNO.C10H6BrNO.C10H9BrO2.C9H7BrO2/c1-31-28(30)14-20-17-32-27-15-21(8-10-22(20)27)33-26-12-11-23-24(26)9-7-19(16-29)25(23)13-18-5-3-2-4-6-18;1-25-20(24)8-13-11-26-19-9-14(3-5-15(13)19)27-18-7-6-17-16(18)4-2-12(10-23)21(17)22;1-14-11(13)4-7-6-15-10-5-8(12)2-3-9(7)10;11-9-6-1-3-7(15)5(6)2-4-8(9)18-19(16,17)10(12,13)14;2*11-10-6(5-12)1-2-7-8(10)3-4-9(7)13;1-13-9-5-3-6-7(10(9)11)2-4-8(6)12;10-9-6-2-3-7(11)5(6)1-4-8(9)12/h2-10,15,20,26H,11-14,17H2,1H3;2-5,9,13,18H,6-8,11H2,1H3;2-3,5,7,12H,4,6H2,1H3;2,4H,1,3H2;1-2,9,13H,3-4H2;1-2H,3-4H2;3,5H,2,4H2,1H3;1,4,12H,2-3H2/t20-,26-;13-,18-;7-;;9-;;;/m111.0.../s1. The second kappa shape index (κ2) is 48.1. The Labute approximate surface area is 883 Å². The first kappa shape index (κ1) is 108. The van der Waals surface area contributed by atoms with E-state index in [-0.39, 0.29) is 99.5 Å². The van der Waals surface area contributed by atoms with Crippen molar-refractivity contribution in [3.8, 4) is 76.0 Å². The average Bonchev–Trinajstić information content (AvgIpc) is 1.61. The quantitative estimate of drug-likeness (QED) is 0.0371. The molecule has 0 amide bonds. The van der Waals surface area contributed by atoms with Gasteiger partial charge in [-0.3, -0.25) is 33.6 Å². The third-order valence-corrected chi connectivity index (χ3v) is 32.4. The maximum Gasteiger partial charge on any atom is 0.534 e. The van der Waals surface area contributed by atoms with Crippen molar-refractivity contribution in [1.29, 1.82) is 21.0 Å². The number of ether oxygens (including phenoxy) is 9. The van der Waals surface area contributed by atoms with Gasteiger partial charge in [-0.1, -0.05) is 66.7 Å². The van der Waals surface area contributed by atoms with E-state index in [2.05, 4.69) is 141 Å². The van der Waals surface area contributed by atoms with E-state index in [0.29, 0.717) is 103 Å². The molecule has 3 N–H and O–H groups in total. The van der Waals surface area contributed by atoms with Gasteiger partial charge in [-0.2, -0.15) is 42.6 Å². The Bertz CT molecular complexity index is 7240. The molecule has 3 aliphatic heterocycles. The number of esters is 3. The number of carbonyl (C=O) groups excluding carboxylic acids is 7. The molecule has 7 aliphatic carbocycles. The van der Waals surface area contributed by atoms with Gasteiger partial charge in [-0.25, -0.2) is 0 Å². The zero-order chi connectivity index (χ0) is 104. The van der Waals surface area contributed by atoms with Gasteiger partial charge in [0, 0.05) is 114 Å². The number of Topliss-reactive ketones (excluding diaryl/α,β-unsaturated/α-hetero) is 4. The number of aliphatic hydroxyl groups is 1. The van der Waals surface area contributed by atoms with Crippen molar-refractivity contribution in [2.24, 2.45) is 0 Å². The van der Waals surface area contributed by atoms with E-state index in [0.717, 1.165) is 206 Å². The number of benzene rings is 11. The van der Waals surface area contributed by atoms with Gasteiger partial charge in [-0.15, -0.1) is 0 Å². The van der Waals surface area contributed by atoms with Gasteiger partial charge in [0.1, 0.15) is 76.4 Å². The third-order valence-electron chi connectivity index (χ3n) is 26.0. The van der Waals surface area contributed by atoms with Crippen LogP contribution in [0, 0.1) is 45.3 Å². The molecule has 26 nitrogen and oxygen atoms in total. The van der Waals surface area contributed by atoms with Crippen molar-refractivity contribution >= 4 is 147 Å². The van der Waals surface area contributed by atoms with Crippen LogP contribution >= 0.6 is 95.6 Å². The maximum atomic E-state index is 12.2. The van der Waals surface area contributed by atoms with E-state index in [1.807, 2.05) is 97.1 Å². The minimum atomic E-state index is -5.72. The highest BCUT2D eigenvalue weighted by Gasteiger charge is 2.49. The van der Waals surface area contributed by atoms with Crippen LogP contribution in [-0.2, 0) is 90.1 Å². The summed E-state index contributed by atoms with van der Waals surface area (Å²) in [5.41, 5.74) is 15.3. The molecule has 0 radical (unpaired) electrons. The normalized spacial score (nSPS) is 17.2. The summed E-state index contributed by atoms with van der Waals surface area (Å²) in [6.45, 7) is 1.41. The lowest BCUT2D eigenvalue weighted by atomic mass is 9.92. The monoisotopic (exact) mass is 2370 g/mol. The van der Waals surface area contributed by atoms with Crippen LogP contribution in [-0.4, -0.2) is 119 Å². The largest absolute Gasteiger partial charge is 0.534 e. The molecule has 10 aliphatic rings. The highest BCUT2D eigenvalue weighted by Crippen LogP contribution is 2.49. The summed E-state index contributed by atoms with van der Waals surface area (Å²) in [6, 6.07) is 59.6. The second-order valence-corrected chi connectivity index (χ2v) is 41.0. The highest BCUT2D eigenvalue weighted by atomic mass is 79.9. The lowest BCUT2D eigenvalue weighted by Crippen LogP contribution is -2.28. The van der Waals surface area contributed by atoms with Crippen molar-refractivity contribution in [3.63, 3.8) is 0 Å².